The van der Waals surface area contributed by atoms with Gasteiger partial charge in [0.05, 0.1) is 0 Å². The third-order valence-corrected chi connectivity index (χ3v) is 9.42. The van der Waals surface area contributed by atoms with E-state index in [0.717, 1.165) is 41.0 Å². The maximum Gasteiger partial charge on any atom is 0.130 e. The van der Waals surface area contributed by atoms with Crippen LogP contribution in [0.25, 0.3) is 66.7 Å². The molecule has 0 aromatic heterocycles. The van der Waals surface area contributed by atoms with Crippen LogP contribution in [-0.4, -0.2) is 0 Å². The normalized spacial score (nSPS) is 14.2. The minimum Gasteiger partial charge on any atom is -0.461 e. The van der Waals surface area contributed by atoms with Crippen LogP contribution in [0.4, 0.5) is 0 Å². The van der Waals surface area contributed by atoms with Crippen molar-refractivity contribution in [2.75, 3.05) is 0 Å². The number of ether oxygens (including phenoxy) is 1. The van der Waals surface area contributed by atoms with Gasteiger partial charge in [0.2, 0.25) is 0 Å². The molecule has 1 heterocycles. The molecule has 0 fully saturated rings. The Morgan fingerprint density at radius 2 is 1.27 bits per heavy atom. The molecule has 1 aliphatic heterocycles. The van der Waals surface area contributed by atoms with E-state index >= 15 is 0 Å². The van der Waals surface area contributed by atoms with Crippen LogP contribution in [-0.2, 0) is 12.8 Å². The van der Waals surface area contributed by atoms with Gasteiger partial charge < -0.3 is 4.74 Å². The van der Waals surface area contributed by atoms with Gasteiger partial charge in [0.1, 0.15) is 11.5 Å². The summed E-state index contributed by atoms with van der Waals surface area (Å²) >= 11 is 0. The maximum absolute atomic E-state index is 6.39. The molecule has 1 heteroatoms. The minimum atomic E-state index is 0.747. The predicted molar refractivity (Wildman–Crippen MR) is 189 cm³/mol. The summed E-state index contributed by atoms with van der Waals surface area (Å²) in [5, 5.41) is 7.36. The van der Waals surface area contributed by atoms with Crippen molar-refractivity contribution < 1.29 is 4.74 Å². The van der Waals surface area contributed by atoms with Gasteiger partial charge >= 0.3 is 0 Å². The van der Waals surface area contributed by atoms with E-state index in [1.807, 2.05) is 12.1 Å². The lowest BCUT2D eigenvalue weighted by atomic mass is 9.81. The van der Waals surface area contributed by atoms with Crippen molar-refractivity contribution in [1.29, 1.82) is 0 Å². The average molecular weight is 573 g/mol. The van der Waals surface area contributed by atoms with Gasteiger partial charge in [0.25, 0.3) is 0 Å². The summed E-state index contributed by atoms with van der Waals surface area (Å²) in [4.78, 5) is 0. The van der Waals surface area contributed by atoms with E-state index in [9.17, 15) is 0 Å². The van der Waals surface area contributed by atoms with E-state index < -0.39 is 0 Å². The van der Waals surface area contributed by atoms with Crippen LogP contribution in [0.3, 0.4) is 0 Å². The molecule has 210 valence electrons. The van der Waals surface area contributed by atoms with E-state index in [4.69, 9.17) is 11.2 Å². The largest absolute Gasteiger partial charge is 0.461 e. The van der Waals surface area contributed by atoms with Gasteiger partial charge in [-0.05, 0) is 90.3 Å². The van der Waals surface area contributed by atoms with Crippen molar-refractivity contribution in [2.24, 2.45) is 0 Å². The van der Waals surface area contributed by atoms with Gasteiger partial charge in [-0.1, -0.05) is 127 Å². The Hall–Kier alpha value is -5.84. The first-order valence-corrected chi connectivity index (χ1v) is 15.5. The molecule has 7 aromatic rings. The Balaban J connectivity index is 1.39. The molecule has 0 atom stereocenters. The lowest BCUT2D eigenvalue weighted by molar-refractivity contribution is 0.451. The van der Waals surface area contributed by atoms with Crippen LogP contribution in [0.2, 0.25) is 0 Å². The van der Waals surface area contributed by atoms with Gasteiger partial charge in [-0.25, -0.2) is 0 Å². The fraction of sp³-hybridized carbons (Fsp3) is 0.0455. The molecule has 0 spiro atoms. The molecule has 1 aliphatic carbocycles. The van der Waals surface area contributed by atoms with Crippen LogP contribution in [0, 0.1) is 12.3 Å². The zero-order chi connectivity index (χ0) is 29.9. The third kappa shape index (κ3) is 3.97. The second-order valence-electron chi connectivity index (χ2n) is 11.9. The highest BCUT2D eigenvalue weighted by Gasteiger charge is 2.25. The van der Waals surface area contributed by atoms with Crippen molar-refractivity contribution in [3.8, 4) is 40.3 Å². The molecule has 0 N–H and O–H groups in total. The topological polar surface area (TPSA) is 9.23 Å². The quantitative estimate of drug-likeness (QED) is 0.151. The van der Waals surface area contributed by atoms with Gasteiger partial charge in [-0.2, -0.15) is 0 Å². The van der Waals surface area contributed by atoms with Crippen LogP contribution in [0.5, 0.6) is 5.75 Å². The van der Waals surface area contributed by atoms with E-state index in [0.29, 0.717) is 0 Å². The van der Waals surface area contributed by atoms with E-state index in [1.165, 1.54) is 65.7 Å². The molecular formula is C44H28O. The summed E-state index contributed by atoms with van der Waals surface area (Å²) in [7, 11) is 0. The Morgan fingerprint density at radius 3 is 1.98 bits per heavy atom. The summed E-state index contributed by atoms with van der Waals surface area (Å²) in [6, 6.07) is 43.6. The zero-order valence-electron chi connectivity index (χ0n) is 24.7. The highest BCUT2D eigenvalue weighted by atomic mass is 16.5. The predicted octanol–water partition coefficient (Wildman–Crippen LogP) is 11.0. The molecule has 0 bridgehead atoms. The summed E-state index contributed by atoms with van der Waals surface area (Å²) in [5.74, 6) is 4.95. The summed E-state index contributed by atoms with van der Waals surface area (Å²) in [6.45, 7) is 0. The number of para-hydroxylation sites is 1. The molecule has 0 unspecified atom stereocenters. The molecule has 1 nitrogen and oxygen atoms in total. The highest BCUT2D eigenvalue weighted by molar-refractivity contribution is 6.24. The second-order valence-corrected chi connectivity index (χ2v) is 11.9. The molecular weight excluding hydrogens is 544 g/mol. The Bertz CT molecular complexity index is 2380. The molecule has 0 saturated carbocycles. The number of hydrogen-bond donors (Lipinski definition) is 0. The number of hydrogen-bond acceptors (Lipinski definition) is 1. The number of benzene rings is 7. The Labute approximate surface area is 262 Å². The number of fused-ring (bicyclic) bond motifs is 5. The van der Waals surface area contributed by atoms with Crippen molar-refractivity contribution >= 4 is 44.5 Å². The van der Waals surface area contributed by atoms with E-state index in [2.05, 4.69) is 133 Å². The van der Waals surface area contributed by atoms with Gasteiger partial charge in [0.15, 0.2) is 0 Å². The fourth-order valence-corrected chi connectivity index (χ4v) is 7.46. The molecule has 7 aromatic carbocycles. The Kier molecular flexibility index (Phi) is 5.77. The van der Waals surface area contributed by atoms with Gasteiger partial charge in [0, 0.05) is 23.1 Å². The fourth-order valence-electron chi connectivity index (χ4n) is 7.46. The number of allylic oxidation sites excluding steroid dienone is 2. The molecule has 9 rings (SSSR count). The standard InChI is InChI=1S/C44H28O/c1-2-32-34-22-12-16-29(34)26-41(40(32)27-31-25-30-14-4-10-24-42(30)45-31)44-38-20-8-6-18-36(38)43(37-19-7-9-21-39(37)44)35-23-11-15-28-13-3-5-17-33(28)35/h1,3-21,23-24,26-27H,22,25H2/b31-27+. The zero-order valence-corrected chi connectivity index (χ0v) is 24.7. The molecule has 0 amide bonds. The molecule has 0 radical (unpaired) electrons. The SMILES string of the molecule is C#Cc1c(/C=C2\Cc3ccccc3O2)c(-c2c3ccccc3c(-c3cccc4ccccc34)c3ccccc23)cc2c1CC=C2. The number of terminal acetylenes is 1. The lowest BCUT2D eigenvalue weighted by Gasteiger charge is -2.21. The van der Waals surface area contributed by atoms with E-state index in [-0.39, 0.29) is 0 Å². The first-order valence-electron chi connectivity index (χ1n) is 15.5. The summed E-state index contributed by atoms with van der Waals surface area (Å²) < 4.78 is 6.39. The molecule has 0 saturated heterocycles. The average Bonchev–Trinajstić information content (AvgIpc) is 3.73. The smallest absolute Gasteiger partial charge is 0.130 e. The first kappa shape index (κ1) is 25.6. The van der Waals surface area contributed by atoms with Crippen LogP contribution < -0.4 is 4.74 Å². The van der Waals surface area contributed by atoms with Crippen LogP contribution in [0.1, 0.15) is 27.8 Å². The lowest BCUT2D eigenvalue weighted by Crippen LogP contribution is -2.00. The van der Waals surface area contributed by atoms with Gasteiger partial charge in [-0.3, -0.25) is 0 Å². The van der Waals surface area contributed by atoms with E-state index in [1.54, 1.807) is 0 Å². The maximum atomic E-state index is 6.39. The van der Waals surface area contributed by atoms with Crippen LogP contribution in [0.15, 0.2) is 133 Å². The summed E-state index contributed by atoms with van der Waals surface area (Å²) in [5.41, 5.74) is 10.4. The van der Waals surface area contributed by atoms with Crippen molar-refractivity contribution in [3.63, 3.8) is 0 Å². The molecule has 45 heavy (non-hydrogen) atoms. The molecule has 2 aliphatic rings. The van der Waals surface area contributed by atoms with Crippen molar-refractivity contribution in [3.05, 3.63) is 161 Å². The monoisotopic (exact) mass is 572 g/mol. The third-order valence-electron chi connectivity index (χ3n) is 9.42. The van der Waals surface area contributed by atoms with Crippen molar-refractivity contribution in [2.45, 2.75) is 12.8 Å². The van der Waals surface area contributed by atoms with Crippen LogP contribution >= 0.6 is 0 Å². The van der Waals surface area contributed by atoms with Crippen molar-refractivity contribution in [1.82, 2.24) is 0 Å². The highest BCUT2D eigenvalue weighted by Crippen LogP contribution is 2.48. The second kappa shape index (κ2) is 10.1. The first-order chi connectivity index (χ1) is 22.3. The van der Waals surface area contributed by atoms with Gasteiger partial charge in [-0.15, -0.1) is 6.42 Å². The Morgan fingerprint density at radius 1 is 0.644 bits per heavy atom. The minimum absolute atomic E-state index is 0.747. The summed E-state index contributed by atoms with van der Waals surface area (Å²) in [6.07, 6.45) is 14.6. The number of rotatable bonds is 3.